The molecule has 1 aliphatic rings. The third-order valence-corrected chi connectivity index (χ3v) is 5.27. The lowest BCUT2D eigenvalue weighted by atomic mass is 10.1. The van der Waals surface area contributed by atoms with Crippen LogP contribution >= 0.6 is 11.3 Å². The Balaban J connectivity index is 1.49. The van der Waals surface area contributed by atoms with Crippen molar-refractivity contribution in [3.63, 3.8) is 0 Å². The molecule has 0 bridgehead atoms. The molecule has 28 heavy (non-hydrogen) atoms. The number of hydrogen-bond donors (Lipinski definition) is 1. The van der Waals surface area contributed by atoms with Gasteiger partial charge >= 0.3 is 0 Å². The Labute approximate surface area is 165 Å². The maximum atomic E-state index is 13.6. The van der Waals surface area contributed by atoms with Crippen molar-refractivity contribution in [1.29, 1.82) is 0 Å². The van der Waals surface area contributed by atoms with Crippen LogP contribution in [-0.2, 0) is 18.5 Å². The van der Waals surface area contributed by atoms with Gasteiger partial charge in [0.1, 0.15) is 5.82 Å². The Hall–Kier alpha value is -2.88. The Morgan fingerprint density at radius 1 is 1.43 bits per heavy atom. The first-order valence-corrected chi connectivity index (χ1v) is 9.85. The van der Waals surface area contributed by atoms with Crippen LogP contribution in [0.5, 0.6) is 0 Å². The van der Waals surface area contributed by atoms with E-state index in [0.29, 0.717) is 22.7 Å². The van der Waals surface area contributed by atoms with Crippen LogP contribution in [0.4, 0.5) is 9.52 Å². The summed E-state index contributed by atoms with van der Waals surface area (Å²) in [5, 5.41) is 21.9. The molecule has 146 valence electrons. The molecule has 0 saturated heterocycles. The molecule has 1 saturated carbocycles. The van der Waals surface area contributed by atoms with E-state index in [1.807, 2.05) is 5.38 Å². The number of rotatable bonds is 8. The fourth-order valence-electron chi connectivity index (χ4n) is 2.62. The second kappa shape index (κ2) is 8.01. The minimum atomic E-state index is -0.284. The van der Waals surface area contributed by atoms with E-state index in [-0.39, 0.29) is 12.4 Å². The molecule has 8 nitrogen and oxygen atoms in total. The van der Waals surface area contributed by atoms with Crippen molar-refractivity contribution in [2.75, 3.05) is 11.9 Å². The molecular weight excluding hydrogens is 381 g/mol. The molecule has 1 fully saturated rings. The number of nitrogens with one attached hydrogen (secondary N) is 1. The quantitative estimate of drug-likeness (QED) is 0.461. The van der Waals surface area contributed by atoms with Gasteiger partial charge in [-0.1, -0.05) is 5.16 Å². The van der Waals surface area contributed by atoms with Crippen molar-refractivity contribution < 1.29 is 9.23 Å². The van der Waals surface area contributed by atoms with Gasteiger partial charge in [-0.05, 0) is 59.9 Å². The molecule has 0 atom stereocenters. The SMILES string of the molecule is Cc1cc(/C(=N\OCc2csc(NCC3CC3)n2)c2nnnn2C)ccc1F. The highest BCUT2D eigenvalue weighted by molar-refractivity contribution is 7.13. The van der Waals surface area contributed by atoms with Crippen LogP contribution in [0.25, 0.3) is 0 Å². The maximum absolute atomic E-state index is 13.6. The van der Waals surface area contributed by atoms with Crippen LogP contribution in [0.2, 0.25) is 0 Å². The van der Waals surface area contributed by atoms with E-state index in [4.69, 9.17) is 4.84 Å². The minimum Gasteiger partial charge on any atom is -0.389 e. The highest BCUT2D eigenvalue weighted by Gasteiger charge is 2.21. The third kappa shape index (κ3) is 4.33. The average molecular weight is 401 g/mol. The van der Waals surface area contributed by atoms with Crippen molar-refractivity contribution in [3.05, 3.63) is 52.0 Å². The van der Waals surface area contributed by atoms with E-state index in [9.17, 15) is 4.39 Å². The molecule has 4 rings (SSSR count). The van der Waals surface area contributed by atoms with Gasteiger partial charge in [-0.25, -0.2) is 14.1 Å². The third-order valence-electron chi connectivity index (χ3n) is 4.42. The Morgan fingerprint density at radius 2 is 2.29 bits per heavy atom. The van der Waals surface area contributed by atoms with Crippen LogP contribution < -0.4 is 5.32 Å². The van der Waals surface area contributed by atoms with E-state index in [2.05, 4.69) is 31.0 Å². The summed E-state index contributed by atoms with van der Waals surface area (Å²) in [6.45, 7) is 2.88. The van der Waals surface area contributed by atoms with E-state index in [1.54, 1.807) is 37.4 Å². The Bertz CT molecular complexity index is 995. The van der Waals surface area contributed by atoms with Gasteiger partial charge in [-0.15, -0.1) is 16.4 Å². The standard InChI is InChI=1S/C18H20FN7OS/c1-11-7-13(5-6-15(11)19)16(17-22-24-25-26(17)2)23-27-9-14-10-28-18(21-14)20-8-12-3-4-12/h5-7,10,12H,3-4,8-9H2,1-2H3,(H,20,21)/b23-16+. The second-order valence-corrected chi connectivity index (χ2v) is 7.63. The lowest BCUT2D eigenvalue weighted by Crippen LogP contribution is -2.12. The molecule has 1 aliphatic carbocycles. The average Bonchev–Trinajstić information content (AvgIpc) is 3.25. The topological polar surface area (TPSA) is 90.1 Å². The van der Waals surface area contributed by atoms with Gasteiger partial charge in [-0.2, -0.15) is 0 Å². The lowest BCUT2D eigenvalue weighted by molar-refractivity contribution is 0.128. The molecule has 0 spiro atoms. The molecular formula is C18H20FN7OS. The fraction of sp³-hybridized carbons (Fsp3) is 0.389. The number of hydrogen-bond acceptors (Lipinski definition) is 8. The number of oxime groups is 1. The molecule has 0 aliphatic heterocycles. The smallest absolute Gasteiger partial charge is 0.204 e. The first kappa shape index (κ1) is 18.5. The van der Waals surface area contributed by atoms with E-state index in [1.165, 1.54) is 23.6 Å². The summed E-state index contributed by atoms with van der Waals surface area (Å²) in [5.41, 5.74) is 2.39. The molecule has 0 radical (unpaired) electrons. The summed E-state index contributed by atoms with van der Waals surface area (Å²) in [6.07, 6.45) is 2.59. The molecule has 10 heteroatoms. The number of aryl methyl sites for hydroxylation is 2. The van der Waals surface area contributed by atoms with Gasteiger partial charge < -0.3 is 10.2 Å². The summed E-state index contributed by atoms with van der Waals surface area (Å²) < 4.78 is 15.1. The molecule has 1 aromatic carbocycles. The molecule has 2 heterocycles. The summed E-state index contributed by atoms with van der Waals surface area (Å²) in [5.74, 6) is 0.930. The molecule has 0 amide bonds. The van der Waals surface area contributed by atoms with Gasteiger partial charge in [0.15, 0.2) is 17.5 Å². The highest BCUT2D eigenvalue weighted by atomic mass is 32.1. The van der Waals surface area contributed by atoms with Gasteiger partial charge in [0.05, 0.1) is 5.69 Å². The summed E-state index contributed by atoms with van der Waals surface area (Å²) in [7, 11) is 1.71. The zero-order valence-corrected chi connectivity index (χ0v) is 16.4. The van der Waals surface area contributed by atoms with E-state index >= 15 is 0 Å². The van der Waals surface area contributed by atoms with Crippen molar-refractivity contribution >= 4 is 22.2 Å². The summed E-state index contributed by atoms with van der Waals surface area (Å²) >= 11 is 1.55. The normalized spacial score (nSPS) is 14.3. The van der Waals surface area contributed by atoms with Crippen LogP contribution in [0.1, 0.15) is 35.5 Å². The van der Waals surface area contributed by atoms with E-state index < -0.39 is 0 Å². The Kier molecular flexibility index (Phi) is 5.29. The first-order valence-electron chi connectivity index (χ1n) is 8.97. The summed E-state index contributed by atoms with van der Waals surface area (Å²) in [4.78, 5) is 10.0. The van der Waals surface area contributed by atoms with Crippen molar-refractivity contribution in [3.8, 4) is 0 Å². The fourth-order valence-corrected chi connectivity index (χ4v) is 3.32. The van der Waals surface area contributed by atoms with Crippen LogP contribution in [-0.4, -0.2) is 37.4 Å². The van der Waals surface area contributed by atoms with E-state index in [0.717, 1.165) is 23.3 Å². The van der Waals surface area contributed by atoms with Crippen molar-refractivity contribution in [1.82, 2.24) is 25.2 Å². The van der Waals surface area contributed by atoms with Gasteiger partial charge in [0.25, 0.3) is 0 Å². The predicted molar refractivity (Wildman–Crippen MR) is 104 cm³/mol. The molecule has 2 aromatic heterocycles. The molecule has 1 N–H and O–H groups in total. The predicted octanol–water partition coefficient (Wildman–Crippen LogP) is 2.91. The summed E-state index contributed by atoms with van der Waals surface area (Å²) in [6, 6.07) is 4.71. The number of aromatic nitrogens is 5. The highest BCUT2D eigenvalue weighted by Crippen LogP contribution is 2.29. The number of halogens is 1. The van der Waals surface area contributed by atoms with Gasteiger partial charge in [0.2, 0.25) is 5.82 Å². The number of thiazole rings is 1. The van der Waals surface area contributed by atoms with Crippen LogP contribution in [0.15, 0.2) is 28.7 Å². The number of nitrogens with zero attached hydrogens (tertiary/aromatic N) is 6. The zero-order valence-electron chi connectivity index (χ0n) is 15.6. The zero-order chi connectivity index (χ0) is 19.5. The van der Waals surface area contributed by atoms with Gasteiger partial charge in [-0.3, -0.25) is 0 Å². The second-order valence-electron chi connectivity index (χ2n) is 6.77. The first-order chi connectivity index (χ1) is 13.6. The maximum Gasteiger partial charge on any atom is 0.204 e. The number of benzene rings is 1. The van der Waals surface area contributed by atoms with Crippen LogP contribution in [0.3, 0.4) is 0 Å². The van der Waals surface area contributed by atoms with Crippen molar-refractivity contribution in [2.45, 2.75) is 26.4 Å². The lowest BCUT2D eigenvalue weighted by Gasteiger charge is -2.07. The number of tetrazole rings is 1. The van der Waals surface area contributed by atoms with Crippen molar-refractivity contribution in [2.24, 2.45) is 18.1 Å². The molecule has 0 unspecified atom stereocenters. The number of anilines is 1. The Morgan fingerprint density at radius 3 is 3.00 bits per heavy atom. The largest absolute Gasteiger partial charge is 0.389 e. The molecule has 3 aromatic rings. The minimum absolute atomic E-state index is 0.219. The van der Waals surface area contributed by atoms with Gasteiger partial charge in [0, 0.05) is 24.5 Å². The monoisotopic (exact) mass is 401 g/mol. The van der Waals surface area contributed by atoms with Crippen LogP contribution in [0, 0.1) is 18.7 Å².